The summed E-state index contributed by atoms with van der Waals surface area (Å²) >= 11 is 0. The molecule has 0 radical (unpaired) electrons. The van der Waals surface area contributed by atoms with Crippen molar-refractivity contribution in [3.05, 3.63) is 59.3 Å². The summed E-state index contributed by atoms with van der Waals surface area (Å²) < 4.78 is 0. The van der Waals surface area contributed by atoms with E-state index in [4.69, 9.17) is 5.11 Å². The molecule has 1 aromatic carbocycles. The van der Waals surface area contributed by atoms with Crippen LogP contribution in [0, 0.1) is 6.92 Å². The van der Waals surface area contributed by atoms with Crippen molar-refractivity contribution >= 4 is 17.7 Å². The number of benzene rings is 1. The van der Waals surface area contributed by atoms with Gasteiger partial charge in [0.15, 0.2) is 0 Å². The molecule has 5 heteroatoms. The van der Waals surface area contributed by atoms with Crippen LogP contribution in [-0.4, -0.2) is 22.0 Å². The highest BCUT2D eigenvalue weighted by molar-refractivity contribution is 6.04. The third-order valence-electron chi connectivity index (χ3n) is 2.55. The number of carboxylic acid groups (broad SMARTS) is 1. The number of carbonyl (C=O) groups is 2. The molecular formula is C14H12N2O3. The summed E-state index contributed by atoms with van der Waals surface area (Å²) in [5.41, 5.74) is 1.52. The van der Waals surface area contributed by atoms with Gasteiger partial charge in [-0.05, 0) is 48.9 Å². The number of aromatic carboxylic acids is 1. The number of anilines is 1. The van der Waals surface area contributed by atoms with Gasteiger partial charge in [-0.25, -0.2) is 9.78 Å². The lowest BCUT2D eigenvalue weighted by molar-refractivity contribution is 0.0696. The molecule has 0 bridgehead atoms. The second-order valence-electron chi connectivity index (χ2n) is 4.06. The van der Waals surface area contributed by atoms with Gasteiger partial charge < -0.3 is 10.4 Å². The first kappa shape index (κ1) is 12.8. The summed E-state index contributed by atoms with van der Waals surface area (Å²) in [6.07, 6.45) is 1.61. The van der Waals surface area contributed by atoms with E-state index in [1.54, 1.807) is 12.3 Å². The van der Waals surface area contributed by atoms with Gasteiger partial charge in [0, 0.05) is 11.8 Å². The van der Waals surface area contributed by atoms with Crippen LogP contribution in [0.2, 0.25) is 0 Å². The molecule has 2 aromatic rings. The second kappa shape index (κ2) is 5.30. The molecule has 0 spiro atoms. The summed E-state index contributed by atoms with van der Waals surface area (Å²) in [6.45, 7) is 1.90. The van der Waals surface area contributed by atoms with Crippen molar-refractivity contribution in [3.63, 3.8) is 0 Å². The average Bonchev–Trinajstić information content (AvgIpc) is 2.39. The zero-order chi connectivity index (χ0) is 13.8. The SMILES string of the molecule is Cc1ccnc(NC(=O)c2ccc(C(=O)O)cc2)c1. The molecule has 0 aliphatic carbocycles. The number of carbonyl (C=O) groups excluding carboxylic acids is 1. The molecule has 5 nitrogen and oxygen atoms in total. The number of rotatable bonds is 3. The van der Waals surface area contributed by atoms with E-state index in [-0.39, 0.29) is 11.5 Å². The fraction of sp³-hybridized carbons (Fsp3) is 0.0714. The normalized spacial score (nSPS) is 9.95. The Bertz CT molecular complexity index is 621. The zero-order valence-corrected chi connectivity index (χ0v) is 10.3. The lowest BCUT2D eigenvalue weighted by atomic mass is 10.1. The minimum atomic E-state index is -1.02. The number of pyridine rings is 1. The van der Waals surface area contributed by atoms with Crippen molar-refractivity contribution in [2.45, 2.75) is 6.92 Å². The number of hydrogen-bond acceptors (Lipinski definition) is 3. The van der Waals surface area contributed by atoms with E-state index in [9.17, 15) is 9.59 Å². The standard InChI is InChI=1S/C14H12N2O3/c1-9-6-7-15-12(8-9)16-13(17)10-2-4-11(5-3-10)14(18)19/h2-8H,1H3,(H,18,19)(H,15,16,17). The molecule has 0 atom stereocenters. The van der Waals surface area contributed by atoms with Crippen LogP contribution in [0.1, 0.15) is 26.3 Å². The van der Waals surface area contributed by atoms with E-state index in [1.807, 2.05) is 13.0 Å². The van der Waals surface area contributed by atoms with Gasteiger partial charge >= 0.3 is 5.97 Å². The number of hydrogen-bond donors (Lipinski definition) is 2. The molecule has 0 fully saturated rings. The number of nitrogens with one attached hydrogen (secondary N) is 1. The minimum Gasteiger partial charge on any atom is -0.478 e. The predicted octanol–water partition coefficient (Wildman–Crippen LogP) is 2.34. The highest BCUT2D eigenvalue weighted by Gasteiger charge is 2.08. The van der Waals surface area contributed by atoms with Crippen LogP contribution in [0.3, 0.4) is 0 Å². The number of aryl methyl sites for hydroxylation is 1. The Morgan fingerprint density at radius 2 is 1.74 bits per heavy atom. The fourth-order valence-electron chi connectivity index (χ4n) is 1.56. The number of amides is 1. The molecule has 0 aliphatic rings. The van der Waals surface area contributed by atoms with Gasteiger partial charge in [0.05, 0.1) is 5.56 Å². The maximum Gasteiger partial charge on any atom is 0.335 e. The summed E-state index contributed by atoms with van der Waals surface area (Å²) in [5, 5.41) is 11.4. The van der Waals surface area contributed by atoms with Crippen LogP contribution in [0.5, 0.6) is 0 Å². The Morgan fingerprint density at radius 3 is 2.32 bits per heavy atom. The van der Waals surface area contributed by atoms with Crippen LogP contribution in [-0.2, 0) is 0 Å². The molecule has 2 N–H and O–H groups in total. The summed E-state index contributed by atoms with van der Waals surface area (Å²) in [6, 6.07) is 9.30. The highest BCUT2D eigenvalue weighted by atomic mass is 16.4. The van der Waals surface area contributed by atoms with Crippen molar-refractivity contribution < 1.29 is 14.7 Å². The Balaban J connectivity index is 2.14. The first-order valence-corrected chi connectivity index (χ1v) is 5.63. The number of nitrogens with zero attached hydrogens (tertiary/aromatic N) is 1. The Labute approximate surface area is 109 Å². The van der Waals surface area contributed by atoms with E-state index in [1.165, 1.54) is 24.3 Å². The Hall–Kier alpha value is -2.69. The second-order valence-corrected chi connectivity index (χ2v) is 4.06. The molecule has 0 aliphatic heterocycles. The van der Waals surface area contributed by atoms with E-state index >= 15 is 0 Å². The molecule has 1 aromatic heterocycles. The van der Waals surface area contributed by atoms with E-state index < -0.39 is 5.97 Å². The van der Waals surface area contributed by atoms with Crippen LogP contribution in [0.15, 0.2) is 42.6 Å². The molecular weight excluding hydrogens is 244 g/mol. The summed E-state index contributed by atoms with van der Waals surface area (Å²) in [4.78, 5) is 26.6. The van der Waals surface area contributed by atoms with Crippen molar-refractivity contribution in [2.75, 3.05) is 5.32 Å². The minimum absolute atomic E-state index is 0.144. The Kier molecular flexibility index (Phi) is 3.56. The maximum absolute atomic E-state index is 11.9. The Morgan fingerprint density at radius 1 is 1.11 bits per heavy atom. The van der Waals surface area contributed by atoms with Gasteiger partial charge in [-0.2, -0.15) is 0 Å². The van der Waals surface area contributed by atoms with Crippen molar-refractivity contribution in [1.82, 2.24) is 4.98 Å². The largest absolute Gasteiger partial charge is 0.478 e. The summed E-state index contributed by atoms with van der Waals surface area (Å²) in [7, 11) is 0. The van der Waals surface area contributed by atoms with Crippen LogP contribution in [0.4, 0.5) is 5.82 Å². The fourth-order valence-corrected chi connectivity index (χ4v) is 1.56. The molecule has 1 heterocycles. The quantitative estimate of drug-likeness (QED) is 0.883. The lowest BCUT2D eigenvalue weighted by Gasteiger charge is -2.05. The van der Waals surface area contributed by atoms with Crippen LogP contribution < -0.4 is 5.32 Å². The van der Waals surface area contributed by atoms with Crippen LogP contribution >= 0.6 is 0 Å². The molecule has 96 valence electrons. The van der Waals surface area contributed by atoms with E-state index in [0.717, 1.165) is 5.56 Å². The van der Waals surface area contributed by atoms with Crippen molar-refractivity contribution in [1.29, 1.82) is 0 Å². The topological polar surface area (TPSA) is 79.3 Å². The molecule has 0 unspecified atom stereocenters. The van der Waals surface area contributed by atoms with Crippen LogP contribution in [0.25, 0.3) is 0 Å². The highest BCUT2D eigenvalue weighted by Crippen LogP contribution is 2.09. The average molecular weight is 256 g/mol. The van der Waals surface area contributed by atoms with Gasteiger partial charge in [-0.1, -0.05) is 0 Å². The molecule has 19 heavy (non-hydrogen) atoms. The third kappa shape index (κ3) is 3.16. The van der Waals surface area contributed by atoms with Gasteiger partial charge in [0.25, 0.3) is 5.91 Å². The molecule has 1 amide bonds. The molecule has 0 saturated carbocycles. The number of carboxylic acids is 1. The third-order valence-corrected chi connectivity index (χ3v) is 2.55. The van der Waals surface area contributed by atoms with Gasteiger partial charge in [0.2, 0.25) is 0 Å². The molecule has 0 saturated heterocycles. The van der Waals surface area contributed by atoms with Gasteiger partial charge in [0.1, 0.15) is 5.82 Å². The molecule has 2 rings (SSSR count). The van der Waals surface area contributed by atoms with Gasteiger partial charge in [-0.15, -0.1) is 0 Å². The van der Waals surface area contributed by atoms with Crippen molar-refractivity contribution in [3.8, 4) is 0 Å². The predicted molar refractivity (Wildman–Crippen MR) is 70.3 cm³/mol. The maximum atomic E-state index is 11.9. The first-order chi connectivity index (χ1) is 9.06. The lowest BCUT2D eigenvalue weighted by Crippen LogP contribution is -2.13. The zero-order valence-electron chi connectivity index (χ0n) is 10.3. The van der Waals surface area contributed by atoms with Gasteiger partial charge in [-0.3, -0.25) is 4.79 Å². The smallest absolute Gasteiger partial charge is 0.335 e. The van der Waals surface area contributed by atoms with E-state index in [0.29, 0.717) is 11.4 Å². The number of aromatic nitrogens is 1. The monoisotopic (exact) mass is 256 g/mol. The van der Waals surface area contributed by atoms with E-state index in [2.05, 4.69) is 10.3 Å². The van der Waals surface area contributed by atoms with Crippen molar-refractivity contribution in [2.24, 2.45) is 0 Å². The first-order valence-electron chi connectivity index (χ1n) is 5.63. The summed E-state index contributed by atoms with van der Waals surface area (Å²) in [5.74, 6) is -0.880.